The average Bonchev–Trinajstić information content (AvgIpc) is 3.04. The standard InChI is InChI=1S/C19H23FN2O5/c1-12-8-14(2-3-15(12)20)22-10-13(9-16(22)23)17(24)21-11-19(18(25)26)4-6-27-7-5-19/h2-3,8,13H,4-7,9-11H2,1H3,(H,21,24)(H,25,26). The number of anilines is 1. The molecule has 0 radical (unpaired) electrons. The minimum atomic E-state index is -1.02. The van der Waals surface area contributed by atoms with Crippen LogP contribution in [0, 0.1) is 24.1 Å². The molecule has 27 heavy (non-hydrogen) atoms. The van der Waals surface area contributed by atoms with E-state index in [0.29, 0.717) is 37.3 Å². The van der Waals surface area contributed by atoms with Gasteiger partial charge in [0.1, 0.15) is 5.82 Å². The van der Waals surface area contributed by atoms with Crippen LogP contribution in [0.15, 0.2) is 18.2 Å². The SMILES string of the molecule is Cc1cc(N2CC(C(=O)NCC3(C(=O)O)CCOCC3)CC2=O)ccc1F. The van der Waals surface area contributed by atoms with Crippen molar-refractivity contribution in [1.29, 1.82) is 0 Å². The Balaban J connectivity index is 1.63. The van der Waals surface area contributed by atoms with E-state index in [9.17, 15) is 23.9 Å². The van der Waals surface area contributed by atoms with Crippen LogP contribution in [-0.2, 0) is 19.1 Å². The summed E-state index contributed by atoms with van der Waals surface area (Å²) in [6.45, 7) is 2.52. The molecule has 8 heteroatoms. The molecule has 0 aromatic heterocycles. The lowest BCUT2D eigenvalue weighted by molar-refractivity contribution is -0.154. The van der Waals surface area contributed by atoms with Gasteiger partial charge in [-0.3, -0.25) is 14.4 Å². The molecule has 0 saturated carbocycles. The van der Waals surface area contributed by atoms with E-state index >= 15 is 0 Å². The summed E-state index contributed by atoms with van der Waals surface area (Å²) in [6.07, 6.45) is 0.728. The van der Waals surface area contributed by atoms with Crippen molar-refractivity contribution in [3.8, 4) is 0 Å². The van der Waals surface area contributed by atoms with Crippen molar-refractivity contribution in [1.82, 2.24) is 5.32 Å². The number of aryl methyl sites for hydroxylation is 1. The molecule has 2 aliphatic heterocycles. The molecule has 2 heterocycles. The highest BCUT2D eigenvalue weighted by Gasteiger charge is 2.42. The largest absolute Gasteiger partial charge is 0.481 e. The van der Waals surface area contributed by atoms with Gasteiger partial charge in [0.15, 0.2) is 0 Å². The molecule has 2 saturated heterocycles. The van der Waals surface area contributed by atoms with Crippen LogP contribution in [0.3, 0.4) is 0 Å². The van der Waals surface area contributed by atoms with E-state index in [4.69, 9.17) is 4.74 Å². The van der Waals surface area contributed by atoms with Gasteiger partial charge >= 0.3 is 5.97 Å². The Morgan fingerprint density at radius 3 is 2.70 bits per heavy atom. The number of ether oxygens (including phenoxy) is 1. The number of hydrogen-bond acceptors (Lipinski definition) is 4. The van der Waals surface area contributed by atoms with E-state index in [0.717, 1.165) is 0 Å². The van der Waals surface area contributed by atoms with Crippen molar-refractivity contribution in [2.24, 2.45) is 11.3 Å². The van der Waals surface area contributed by atoms with Gasteiger partial charge < -0.3 is 20.1 Å². The highest BCUT2D eigenvalue weighted by atomic mass is 19.1. The van der Waals surface area contributed by atoms with E-state index in [1.54, 1.807) is 13.0 Å². The number of rotatable bonds is 5. The van der Waals surface area contributed by atoms with Gasteiger partial charge in [-0.1, -0.05) is 0 Å². The minimum absolute atomic E-state index is 0.0187. The maximum atomic E-state index is 13.4. The van der Waals surface area contributed by atoms with E-state index in [2.05, 4.69) is 5.32 Å². The van der Waals surface area contributed by atoms with Crippen molar-refractivity contribution < 1.29 is 28.6 Å². The van der Waals surface area contributed by atoms with Crippen molar-refractivity contribution in [3.63, 3.8) is 0 Å². The molecule has 1 aromatic rings. The lowest BCUT2D eigenvalue weighted by atomic mass is 9.80. The molecular formula is C19H23FN2O5. The van der Waals surface area contributed by atoms with E-state index in [1.165, 1.54) is 17.0 Å². The number of halogens is 1. The average molecular weight is 378 g/mol. The molecule has 146 valence electrons. The maximum absolute atomic E-state index is 13.4. The molecule has 1 unspecified atom stereocenters. The first-order chi connectivity index (χ1) is 12.8. The molecule has 2 fully saturated rings. The molecule has 7 nitrogen and oxygen atoms in total. The number of carboxylic acid groups (broad SMARTS) is 1. The Morgan fingerprint density at radius 1 is 1.37 bits per heavy atom. The van der Waals surface area contributed by atoms with E-state index in [-0.39, 0.29) is 37.1 Å². The molecular weight excluding hydrogens is 355 g/mol. The Bertz CT molecular complexity index is 760. The first kappa shape index (κ1) is 19.3. The molecule has 2 aliphatic rings. The summed E-state index contributed by atoms with van der Waals surface area (Å²) < 4.78 is 18.7. The lowest BCUT2D eigenvalue weighted by Gasteiger charge is -2.33. The molecule has 3 rings (SSSR count). The summed E-state index contributed by atoms with van der Waals surface area (Å²) in [5.41, 5.74) is -0.0404. The number of carbonyl (C=O) groups excluding carboxylic acids is 2. The summed E-state index contributed by atoms with van der Waals surface area (Å²) in [7, 11) is 0. The number of nitrogens with zero attached hydrogens (tertiary/aromatic N) is 1. The van der Waals surface area contributed by atoms with Crippen LogP contribution in [-0.4, -0.2) is 49.2 Å². The Kier molecular flexibility index (Phi) is 5.46. The van der Waals surface area contributed by atoms with E-state index in [1.807, 2.05) is 0 Å². The molecule has 2 amide bonds. The number of aliphatic carboxylic acids is 1. The van der Waals surface area contributed by atoms with Crippen molar-refractivity contribution >= 4 is 23.5 Å². The summed E-state index contributed by atoms with van der Waals surface area (Å²) in [5, 5.41) is 12.3. The zero-order chi connectivity index (χ0) is 19.6. The third-order valence-electron chi connectivity index (χ3n) is 5.45. The third kappa shape index (κ3) is 3.95. The normalized spacial score (nSPS) is 21.9. The monoisotopic (exact) mass is 378 g/mol. The Hall–Kier alpha value is -2.48. The van der Waals surface area contributed by atoms with E-state index < -0.39 is 17.3 Å². The van der Waals surface area contributed by atoms with Crippen LogP contribution < -0.4 is 10.2 Å². The maximum Gasteiger partial charge on any atom is 0.311 e. The summed E-state index contributed by atoms with van der Waals surface area (Å²) in [4.78, 5) is 38.0. The summed E-state index contributed by atoms with van der Waals surface area (Å²) >= 11 is 0. The summed E-state index contributed by atoms with van der Waals surface area (Å²) in [5.74, 6) is -2.40. The van der Waals surface area contributed by atoms with Gasteiger partial charge in [0.2, 0.25) is 11.8 Å². The van der Waals surface area contributed by atoms with Gasteiger partial charge in [-0.2, -0.15) is 0 Å². The molecule has 1 aromatic carbocycles. The zero-order valence-electron chi connectivity index (χ0n) is 15.2. The fraction of sp³-hybridized carbons (Fsp3) is 0.526. The first-order valence-corrected chi connectivity index (χ1v) is 8.98. The molecule has 2 N–H and O–H groups in total. The number of benzene rings is 1. The molecule has 1 atom stereocenters. The van der Waals surface area contributed by atoms with Crippen molar-refractivity contribution in [3.05, 3.63) is 29.6 Å². The number of hydrogen-bond donors (Lipinski definition) is 2. The fourth-order valence-electron chi connectivity index (χ4n) is 3.56. The smallest absolute Gasteiger partial charge is 0.311 e. The first-order valence-electron chi connectivity index (χ1n) is 8.98. The van der Waals surface area contributed by atoms with Crippen LogP contribution in [0.25, 0.3) is 0 Å². The lowest BCUT2D eigenvalue weighted by Crippen LogP contribution is -2.48. The second kappa shape index (κ2) is 7.64. The van der Waals surface area contributed by atoms with Gasteiger partial charge in [0.25, 0.3) is 0 Å². The Morgan fingerprint density at radius 2 is 2.07 bits per heavy atom. The van der Waals surface area contributed by atoms with Gasteiger partial charge in [-0.25, -0.2) is 4.39 Å². The molecule has 0 spiro atoms. The number of amides is 2. The van der Waals surface area contributed by atoms with Crippen LogP contribution in [0.4, 0.5) is 10.1 Å². The molecule has 0 aliphatic carbocycles. The van der Waals surface area contributed by atoms with Gasteiger partial charge in [-0.15, -0.1) is 0 Å². The van der Waals surface area contributed by atoms with Crippen LogP contribution in [0.1, 0.15) is 24.8 Å². The predicted octanol–water partition coefficient (Wildman–Crippen LogP) is 1.48. The zero-order valence-corrected chi connectivity index (χ0v) is 15.2. The van der Waals surface area contributed by atoms with Crippen LogP contribution in [0.2, 0.25) is 0 Å². The third-order valence-corrected chi connectivity index (χ3v) is 5.45. The van der Waals surface area contributed by atoms with Gasteiger partial charge in [0, 0.05) is 38.4 Å². The van der Waals surface area contributed by atoms with Crippen LogP contribution in [0.5, 0.6) is 0 Å². The molecule has 0 bridgehead atoms. The van der Waals surface area contributed by atoms with Gasteiger partial charge in [0.05, 0.1) is 11.3 Å². The minimum Gasteiger partial charge on any atom is -0.481 e. The number of carbonyl (C=O) groups is 3. The highest BCUT2D eigenvalue weighted by molar-refractivity contribution is 6.00. The van der Waals surface area contributed by atoms with Gasteiger partial charge in [-0.05, 0) is 43.5 Å². The second-order valence-corrected chi connectivity index (χ2v) is 7.25. The Labute approximate surface area is 156 Å². The fourth-order valence-corrected chi connectivity index (χ4v) is 3.56. The second-order valence-electron chi connectivity index (χ2n) is 7.25. The number of nitrogens with one attached hydrogen (secondary N) is 1. The van der Waals surface area contributed by atoms with Crippen molar-refractivity contribution in [2.45, 2.75) is 26.2 Å². The highest BCUT2D eigenvalue weighted by Crippen LogP contribution is 2.31. The summed E-state index contributed by atoms with van der Waals surface area (Å²) in [6, 6.07) is 4.39. The topological polar surface area (TPSA) is 95.9 Å². The van der Waals surface area contributed by atoms with Crippen molar-refractivity contribution in [2.75, 3.05) is 31.2 Å². The number of carboxylic acids is 1. The quantitative estimate of drug-likeness (QED) is 0.809. The van der Waals surface area contributed by atoms with Crippen LogP contribution >= 0.6 is 0 Å². The predicted molar refractivity (Wildman–Crippen MR) is 94.7 cm³/mol.